The van der Waals surface area contributed by atoms with Crippen LogP contribution in [-0.2, 0) is 31.4 Å². The fourth-order valence-corrected chi connectivity index (χ4v) is 4.06. The second-order valence-corrected chi connectivity index (χ2v) is 8.03. The number of benzene rings is 2. The summed E-state index contributed by atoms with van der Waals surface area (Å²) in [5.41, 5.74) is 2.85. The third-order valence-electron chi connectivity index (χ3n) is 5.73. The Labute approximate surface area is 176 Å². The maximum Gasteiger partial charge on any atom is 0.274 e. The van der Waals surface area contributed by atoms with Crippen LogP contribution in [0.15, 0.2) is 53.3 Å². The van der Waals surface area contributed by atoms with Gasteiger partial charge in [-0.15, -0.1) is 0 Å². The van der Waals surface area contributed by atoms with Crippen molar-refractivity contribution in [3.8, 4) is 0 Å². The van der Waals surface area contributed by atoms with Crippen LogP contribution in [0.3, 0.4) is 0 Å². The Morgan fingerprint density at radius 1 is 0.967 bits per heavy atom. The number of rotatable bonds is 6. The molecule has 0 bridgehead atoms. The van der Waals surface area contributed by atoms with Crippen LogP contribution in [0.4, 0.5) is 0 Å². The van der Waals surface area contributed by atoms with Gasteiger partial charge in [0.1, 0.15) is 0 Å². The fourth-order valence-electron chi connectivity index (χ4n) is 4.06. The van der Waals surface area contributed by atoms with Gasteiger partial charge < -0.3 is 5.32 Å². The van der Waals surface area contributed by atoms with E-state index in [2.05, 4.69) is 39.6 Å². The third-order valence-corrected chi connectivity index (χ3v) is 5.73. The maximum atomic E-state index is 12.5. The molecule has 6 heteroatoms. The second-order valence-electron chi connectivity index (χ2n) is 8.03. The number of hydrogen-bond acceptors (Lipinski definition) is 4. The number of hydrogen-bond donors (Lipinski definition) is 1. The molecule has 1 amide bonds. The lowest BCUT2D eigenvalue weighted by Gasteiger charge is -2.26. The molecule has 1 aliphatic heterocycles. The van der Waals surface area contributed by atoms with E-state index in [0.29, 0.717) is 17.6 Å². The highest BCUT2D eigenvalue weighted by Gasteiger charge is 2.13. The van der Waals surface area contributed by atoms with Crippen LogP contribution in [0.2, 0.25) is 0 Å². The van der Waals surface area contributed by atoms with Crippen molar-refractivity contribution in [2.24, 2.45) is 7.05 Å². The van der Waals surface area contributed by atoms with Gasteiger partial charge in [0.2, 0.25) is 5.91 Å². The summed E-state index contributed by atoms with van der Waals surface area (Å²) in [6, 6.07) is 15.8. The molecule has 30 heavy (non-hydrogen) atoms. The van der Waals surface area contributed by atoms with E-state index >= 15 is 0 Å². The van der Waals surface area contributed by atoms with Crippen molar-refractivity contribution >= 4 is 16.7 Å². The third kappa shape index (κ3) is 4.76. The number of likely N-dealkylation sites (tertiary alicyclic amines) is 1. The van der Waals surface area contributed by atoms with Crippen LogP contribution in [0, 0.1) is 0 Å². The predicted molar refractivity (Wildman–Crippen MR) is 118 cm³/mol. The Kier molecular flexibility index (Phi) is 6.23. The van der Waals surface area contributed by atoms with Crippen LogP contribution in [-0.4, -0.2) is 33.7 Å². The lowest BCUT2D eigenvalue weighted by atomic mass is 10.1. The summed E-state index contributed by atoms with van der Waals surface area (Å²) in [7, 11) is 1.61. The van der Waals surface area contributed by atoms with Crippen LogP contribution >= 0.6 is 0 Å². The van der Waals surface area contributed by atoms with Crippen molar-refractivity contribution in [1.29, 1.82) is 0 Å². The molecule has 1 fully saturated rings. The highest BCUT2D eigenvalue weighted by molar-refractivity contribution is 5.88. The number of carbonyl (C=O) groups excluding carboxylic acids is 1. The van der Waals surface area contributed by atoms with Gasteiger partial charge in [-0.1, -0.05) is 48.9 Å². The molecule has 2 heterocycles. The molecule has 0 radical (unpaired) electrons. The smallest absolute Gasteiger partial charge is 0.274 e. The number of carbonyl (C=O) groups is 1. The van der Waals surface area contributed by atoms with Gasteiger partial charge in [0.25, 0.3) is 5.56 Å². The van der Waals surface area contributed by atoms with E-state index in [0.717, 1.165) is 17.5 Å². The van der Waals surface area contributed by atoms with Gasteiger partial charge >= 0.3 is 0 Å². The van der Waals surface area contributed by atoms with Crippen LogP contribution in [0.5, 0.6) is 0 Å². The maximum absolute atomic E-state index is 12.5. The zero-order valence-electron chi connectivity index (χ0n) is 17.4. The fraction of sp³-hybridized carbons (Fsp3) is 0.375. The van der Waals surface area contributed by atoms with E-state index in [1.807, 2.05) is 18.2 Å². The van der Waals surface area contributed by atoms with Crippen LogP contribution in [0.25, 0.3) is 10.8 Å². The zero-order chi connectivity index (χ0) is 20.9. The average molecular weight is 405 g/mol. The molecule has 4 rings (SSSR count). The molecule has 2 aromatic carbocycles. The summed E-state index contributed by atoms with van der Waals surface area (Å²) in [6.07, 6.45) is 4.08. The van der Waals surface area contributed by atoms with Crippen molar-refractivity contribution in [3.63, 3.8) is 0 Å². The Bertz CT molecular complexity index is 1080. The van der Waals surface area contributed by atoms with E-state index in [4.69, 9.17) is 0 Å². The molecule has 1 saturated heterocycles. The normalized spacial score (nSPS) is 14.7. The molecule has 1 N–H and O–H groups in total. The van der Waals surface area contributed by atoms with Crippen molar-refractivity contribution in [1.82, 2.24) is 20.0 Å². The minimum Gasteiger partial charge on any atom is -0.352 e. The second kappa shape index (κ2) is 9.22. The van der Waals surface area contributed by atoms with Crippen molar-refractivity contribution in [3.05, 3.63) is 75.7 Å². The minimum absolute atomic E-state index is 0.108. The van der Waals surface area contributed by atoms with Crippen molar-refractivity contribution in [2.45, 2.75) is 38.8 Å². The summed E-state index contributed by atoms with van der Waals surface area (Å²) in [5.74, 6) is -0.108. The molecule has 0 unspecified atom stereocenters. The van der Waals surface area contributed by atoms with Gasteiger partial charge in [-0.2, -0.15) is 5.10 Å². The summed E-state index contributed by atoms with van der Waals surface area (Å²) >= 11 is 0. The number of fused-ring (bicyclic) bond motifs is 1. The Balaban J connectivity index is 1.35. The molecule has 1 aromatic heterocycles. The number of aryl methyl sites for hydroxylation is 1. The topological polar surface area (TPSA) is 67.2 Å². The van der Waals surface area contributed by atoms with Gasteiger partial charge in [-0.25, -0.2) is 4.68 Å². The summed E-state index contributed by atoms with van der Waals surface area (Å²) in [5, 5.41) is 8.59. The first kappa shape index (κ1) is 20.3. The highest BCUT2D eigenvalue weighted by Crippen LogP contribution is 2.15. The molecule has 156 valence electrons. The van der Waals surface area contributed by atoms with Gasteiger partial charge in [-0.3, -0.25) is 14.5 Å². The first-order chi connectivity index (χ1) is 14.6. The summed E-state index contributed by atoms with van der Waals surface area (Å²) < 4.78 is 1.30. The SMILES string of the molecule is Cn1nc(CC(=O)NCc2ccc(CN3CCCCC3)cc2)c2ccccc2c1=O. The first-order valence-corrected chi connectivity index (χ1v) is 10.6. The van der Waals surface area contributed by atoms with E-state index in [1.165, 1.54) is 42.6 Å². The van der Waals surface area contributed by atoms with E-state index in [9.17, 15) is 9.59 Å². The lowest BCUT2D eigenvalue weighted by molar-refractivity contribution is -0.120. The van der Waals surface area contributed by atoms with Crippen molar-refractivity contribution < 1.29 is 4.79 Å². The van der Waals surface area contributed by atoms with E-state index in [1.54, 1.807) is 13.1 Å². The molecule has 0 aliphatic carbocycles. The summed E-state index contributed by atoms with van der Waals surface area (Å²) in [4.78, 5) is 27.2. The average Bonchev–Trinajstić information content (AvgIpc) is 2.77. The molecular formula is C24H28N4O2. The Hall–Kier alpha value is -2.99. The molecule has 6 nitrogen and oxygen atoms in total. The van der Waals surface area contributed by atoms with E-state index < -0.39 is 0 Å². The molecule has 3 aromatic rings. The Morgan fingerprint density at radius 3 is 2.37 bits per heavy atom. The van der Waals surface area contributed by atoms with Gasteiger partial charge in [0.05, 0.1) is 17.5 Å². The van der Waals surface area contributed by atoms with Gasteiger partial charge in [0.15, 0.2) is 0 Å². The van der Waals surface area contributed by atoms with Gasteiger partial charge in [-0.05, 0) is 43.1 Å². The minimum atomic E-state index is -0.153. The zero-order valence-corrected chi connectivity index (χ0v) is 17.4. The molecule has 0 saturated carbocycles. The monoisotopic (exact) mass is 404 g/mol. The molecule has 0 atom stereocenters. The lowest BCUT2D eigenvalue weighted by Crippen LogP contribution is -2.29. The Morgan fingerprint density at radius 2 is 1.63 bits per heavy atom. The number of nitrogens with zero attached hydrogens (tertiary/aromatic N) is 3. The highest BCUT2D eigenvalue weighted by atomic mass is 16.1. The standard InChI is InChI=1S/C24H28N4O2/c1-27-24(30)21-8-4-3-7-20(21)22(26-27)15-23(29)25-16-18-9-11-19(12-10-18)17-28-13-5-2-6-14-28/h3-4,7-12H,2,5-6,13-17H2,1H3,(H,25,29). The van der Waals surface area contributed by atoms with E-state index in [-0.39, 0.29) is 17.9 Å². The molecular weight excluding hydrogens is 376 g/mol. The van der Waals surface area contributed by atoms with Crippen molar-refractivity contribution in [2.75, 3.05) is 13.1 Å². The molecule has 1 aliphatic rings. The summed E-state index contributed by atoms with van der Waals surface area (Å²) in [6.45, 7) is 3.85. The van der Waals surface area contributed by atoms with Crippen LogP contribution in [0.1, 0.15) is 36.1 Å². The number of piperidine rings is 1. The van der Waals surface area contributed by atoms with Gasteiger partial charge in [0, 0.05) is 25.5 Å². The number of nitrogens with one attached hydrogen (secondary N) is 1. The first-order valence-electron chi connectivity index (χ1n) is 10.6. The largest absolute Gasteiger partial charge is 0.352 e. The number of amides is 1. The number of aromatic nitrogens is 2. The molecule has 0 spiro atoms. The predicted octanol–water partition coefficient (Wildman–Crippen LogP) is 2.78. The quantitative estimate of drug-likeness (QED) is 0.686. The van der Waals surface area contributed by atoms with Crippen LogP contribution < -0.4 is 10.9 Å².